The van der Waals surface area contributed by atoms with E-state index in [0.29, 0.717) is 12.6 Å². The fourth-order valence-corrected chi connectivity index (χ4v) is 2.80. The lowest BCUT2D eigenvalue weighted by molar-refractivity contribution is -0.143. The van der Waals surface area contributed by atoms with Crippen molar-refractivity contribution in [1.82, 2.24) is 4.90 Å². The van der Waals surface area contributed by atoms with Crippen LogP contribution in [0.2, 0.25) is 0 Å². The molecule has 0 spiro atoms. The zero-order chi connectivity index (χ0) is 13.8. The number of nitrogens with zero attached hydrogens (tertiary/aromatic N) is 1. The fourth-order valence-electron chi connectivity index (χ4n) is 2.80. The minimum atomic E-state index is -0.666. The molecular formula is C15H22N2O2. The molecule has 0 aliphatic carbocycles. The van der Waals surface area contributed by atoms with Gasteiger partial charge in [0.1, 0.15) is 0 Å². The Labute approximate surface area is 114 Å². The van der Waals surface area contributed by atoms with E-state index in [2.05, 4.69) is 17.9 Å². The summed E-state index contributed by atoms with van der Waals surface area (Å²) in [4.78, 5) is 13.4. The minimum Gasteiger partial charge on any atom is -0.481 e. The van der Waals surface area contributed by atoms with Crippen molar-refractivity contribution in [3.05, 3.63) is 29.8 Å². The standard InChI is InChI=1S/C15H22N2O2/c1-11(8-12-4-2-6-14(16)9-12)17-7-3-5-13(10-17)15(18)19/h2,4,6,9,11,13H,3,5,7-8,10,16H2,1H3,(H,18,19). The molecule has 1 aliphatic heterocycles. The van der Waals surface area contributed by atoms with Crippen LogP contribution in [0.25, 0.3) is 0 Å². The number of piperidine rings is 1. The van der Waals surface area contributed by atoms with Gasteiger partial charge in [0.25, 0.3) is 0 Å². The first kappa shape index (κ1) is 13.9. The van der Waals surface area contributed by atoms with Gasteiger partial charge in [-0.1, -0.05) is 12.1 Å². The summed E-state index contributed by atoms with van der Waals surface area (Å²) in [6.07, 6.45) is 2.69. The molecule has 1 aromatic rings. The third-order valence-corrected chi connectivity index (χ3v) is 3.91. The number of hydrogen-bond donors (Lipinski definition) is 2. The van der Waals surface area contributed by atoms with Gasteiger partial charge in [-0.15, -0.1) is 0 Å². The highest BCUT2D eigenvalue weighted by atomic mass is 16.4. The molecule has 4 heteroatoms. The van der Waals surface area contributed by atoms with Crippen molar-refractivity contribution in [2.75, 3.05) is 18.8 Å². The molecule has 2 rings (SSSR count). The number of rotatable bonds is 4. The van der Waals surface area contributed by atoms with Gasteiger partial charge in [0.15, 0.2) is 0 Å². The quantitative estimate of drug-likeness (QED) is 0.814. The molecule has 1 heterocycles. The lowest BCUT2D eigenvalue weighted by Gasteiger charge is -2.35. The maximum absolute atomic E-state index is 11.1. The van der Waals surface area contributed by atoms with Crippen LogP contribution in [0.15, 0.2) is 24.3 Å². The van der Waals surface area contributed by atoms with Gasteiger partial charge in [-0.3, -0.25) is 9.69 Å². The summed E-state index contributed by atoms with van der Waals surface area (Å²) in [6, 6.07) is 8.27. The number of carboxylic acids is 1. The molecule has 4 nitrogen and oxygen atoms in total. The molecule has 2 atom stereocenters. The van der Waals surface area contributed by atoms with Gasteiger partial charge in [-0.2, -0.15) is 0 Å². The second-order valence-electron chi connectivity index (χ2n) is 5.47. The largest absolute Gasteiger partial charge is 0.481 e. The van der Waals surface area contributed by atoms with Crippen molar-refractivity contribution in [2.24, 2.45) is 5.92 Å². The van der Waals surface area contributed by atoms with Crippen LogP contribution >= 0.6 is 0 Å². The number of nitrogen functional groups attached to an aromatic ring is 1. The van der Waals surface area contributed by atoms with E-state index in [1.165, 1.54) is 5.56 Å². The normalized spacial score (nSPS) is 22.1. The predicted molar refractivity (Wildman–Crippen MR) is 76.0 cm³/mol. The van der Waals surface area contributed by atoms with E-state index in [4.69, 9.17) is 10.8 Å². The Morgan fingerprint density at radius 2 is 2.37 bits per heavy atom. The van der Waals surface area contributed by atoms with Gasteiger partial charge < -0.3 is 10.8 Å². The van der Waals surface area contributed by atoms with E-state index in [1.54, 1.807) is 0 Å². The van der Waals surface area contributed by atoms with E-state index < -0.39 is 5.97 Å². The topological polar surface area (TPSA) is 66.6 Å². The number of hydrogen-bond acceptors (Lipinski definition) is 3. The lowest BCUT2D eigenvalue weighted by Crippen LogP contribution is -2.44. The highest BCUT2D eigenvalue weighted by Gasteiger charge is 2.27. The molecule has 2 unspecified atom stereocenters. The molecule has 1 saturated heterocycles. The molecule has 1 aromatic carbocycles. The number of benzene rings is 1. The number of nitrogens with two attached hydrogens (primary N) is 1. The van der Waals surface area contributed by atoms with Crippen LogP contribution in [-0.2, 0) is 11.2 Å². The Bertz CT molecular complexity index is 448. The van der Waals surface area contributed by atoms with Crippen LogP contribution in [-0.4, -0.2) is 35.1 Å². The van der Waals surface area contributed by atoms with E-state index in [-0.39, 0.29) is 5.92 Å². The van der Waals surface area contributed by atoms with Crippen molar-refractivity contribution in [3.8, 4) is 0 Å². The number of carboxylic acid groups (broad SMARTS) is 1. The summed E-state index contributed by atoms with van der Waals surface area (Å²) in [5, 5.41) is 9.12. The molecule has 104 valence electrons. The first-order chi connectivity index (χ1) is 9.06. The van der Waals surface area contributed by atoms with Gasteiger partial charge in [-0.05, 0) is 50.4 Å². The van der Waals surface area contributed by atoms with E-state index >= 15 is 0 Å². The Balaban J connectivity index is 1.95. The smallest absolute Gasteiger partial charge is 0.307 e. The Morgan fingerprint density at radius 3 is 3.05 bits per heavy atom. The van der Waals surface area contributed by atoms with Crippen LogP contribution in [0.4, 0.5) is 5.69 Å². The number of anilines is 1. The monoisotopic (exact) mass is 262 g/mol. The van der Waals surface area contributed by atoms with Crippen molar-refractivity contribution < 1.29 is 9.90 Å². The van der Waals surface area contributed by atoms with Crippen LogP contribution in [0, 0.1) is 5.92 Å². The zero-order valence-electron chi connectivity index (χ0n) is 11.4. The Hall–Kier alpha value is -1.55. The fraction of sp³-hybridized carbons (Fsp3) is 0.533. The molecule has 0 amide bonds. The molecule has 0 bridgehead atoms. The lowest BCUT2D eigenvalue weighted by atomic mass is 9.95. The highest BCUT2D eigenvalue weighted by Crippen LogP contribution is 2.20. The average Bonchev–Trinajstić information content (AvgIpc) is 2.39. The van der Waals surface area contributed by atoms with Crippen LogP contribution in [0.3, 0.4) is 0 Å². The van der Waals surface area contributed by atoms with Crippen LogP contribution < -0.4 is 5.73 Å². The zero-order valence-corrected chi connectivity index (χ0v) is 11.4. The molecule has 0 radical (unpaired) electrons. The summed E-state index contributed by atoms with van der Waals surface area (Å²) in [5.74, 6) is -0.877. The van der Waals surface area contributed by atoms with E-state index in [9.17, 15) is 4.79 Å². The summed E-state index contributed by atoms with van der Waals surface area (Å²) >= 11 is 0. The Kier molecular flexibility index (Phi) is 4.43. The van der Waals surface area contributed by atoms with Crippen molar-refractivity contribution >= 4 is 11.7 Å². The van der Waals surface area contributed by atoms with Crippen LogP contribution in [0.5, 0.6) is 0 Å². The maximum atomic E-state index is 11.1. The second-order valence-corrected chi connectivity index (χ2v) is 5.47. The SMILES string of the molecule is CC(Cc1cccc(N)c1)N1CCCC(C(=O)O)C1. The molecule has 1 aliphatic rings. The first-order valence-corrected chi connectivity index (χ1v) is 6.87. The molecular weight excluding hydrogens is 240 g/mol. The minimum absolute atomic E-state index is 0.211. The van der Waals surface area contributed by atoms with Crippen molar-refractivity contribution in [2.45, 2.75) is 32.2 Å². The van der Waals surface area contributed by atoms with E-state index in [1.807, 2.05) is 18.2 Å². The third-order valence-electron chi connectivity index (χ3n) is 3.91. The first-order valence-electron chi connectivity index (χ1n) is 6.87. The molecule has 19 heavy (non-hydrogen) atoms. The summed E-state index contributed by atoms with van der Waals surface area (Å²) in [5.41, 5.74) is 7.78. The van der Waals surface area contributed by atoms with Gasteiger partial charge in [0.05, 0.1) is 5.92 Å². The molecule has 0 aromatic heterocycles. The van der Waals surface area contributed by atoms with Gasteiger partial charge in [0, 0.05) is 18.3 Å². The molecule has 3 N–H and O–H groups in total. The summed E-state index contributed by atoms with van der Waals surface area (Å²) in [7, 11) is 0. The van der Waals surface area contributed by atoms with Crippen molar-refractivity contribution in [1.29, 1.82) is 0 Å². The molecule has 0 saturated carbocycles. The van der Waals surface area contributed by atoms with Gasteiger partial charge in [-0.25, -0.2) is 0 Å². The second kappa shape index (κ2) is 6.06. The highest BCUT2D eigenvalue weighted by molar-refractivity contribution is 5.70. The van der Waals surface area contributed by atoms with Gasteiger partial charge in [0.2, 0.25) is 0 Å². The third kappa shape index (κ3) is 3.70. The Morgan fingerprint density at radius 1 is 1.58 bits per heavy atom. The number of carbonyl (C=O) groups is 1. The van der Waals surface area contributed by atoms with Crippen LogP contribution in [0.1, 0.15) is 25.3 Å². The summed E-state index contributed by atoms with van der Waals surface area (Å²) < 4.78 is 0. The van der Waals surface area contributed by atoms with Crippen molar-refractivity contribution in [3.63, 3.8) is 0 Å². The van der Waals surface area contributed by atoms with Gasteiger partial charge >= 0.3 is 5.97 Å². The van der Waals surface area contributed by atoms with E-state index in [0.717, 1.165) is 31.5 Å². The molecule has 1 fully saturated rings. The number of aliphatic carboxylic acids is 1. The average molecular weight is 262 g/mol. The predicted octanol–water partition coefficient (Wildman–Crippen LogP) is 2.00. The summed E-state index contributed by atoms with van der Waals surface area (Å²) in [6.45, 7) is 3.82. The maximum Gasteiger partial charge on any atom is 0.307 e. The number of likely N-dealkylation sites (tertiary alicyclic amines) is 1.